The zero-order chi connectivity index (χ0) is 15.5. The van der Waals surface area contributed by atoms with E-state index < -0.39 is 0 Å². The van der Waals surface area contributed by atoms with Crippen LogP contribution in [0.2, 0.25) is 0 Å². The van der Waals surface area contributed by atoms with E-state index >= 15 is 0 Å². The second-order valence-corrected chi connectivity index (χ2v) is 5.75. The lowest BCUT2D eigenvalue weighted by Gasteiger charge is -2.27. The highest BCUT2D eigenvalue weighted by Crippen LogP contribution is 2.29. The Hall–Kier alpha value is -2.07. The van der Waals surface area contributed by atoms with Gasteiger partial charge in [-0.15, -0.1) is 0 Å². The molecule has 1 aliphatic heterocycles. The van der Waals surface area contributed by atoms with E-state index in [0.717, 1.165) is 24.5 Å². The van der Waals surface area contributed by atoms with Crippen LogP contribution in [-0.4, -0.2) is 19.7 Å². The molecule has 1 atom stereocenters. The molecule has 0 bridgehead atoms. The molecule has 2 aromatic rings. The van der Waals surface area contributed by atoms with E-state index in [1.54, 1.807) is 13.2 Å². The van der Waals surface area contributed by atoms with Crippen LogP contribution in [0.15, 0.2) is 42.5 Å². The lowest BCUT2D eigenvalue weighted by Crippen LogP contribution is -2.35. The van der Waals surface area contributed by atoms with Crippen LogP contribution in [0.25, 0.3) is 0 Å². The van der Waals surface area contributed by atoms with Gasteiger partial charge in [0, 0.05) is 43.0 Å². The molecule has 22 heavy (non-hydrogen) atoms. The smallest absolute Gasteiger partial charge is 0.128 e. The minimum absolute atomic E-state index is 0.156. The van der Waals surface area contributed by atoms with Crippen LogP contribution in [0, 0.1) is 5.82 Å². The Bertz CT molecular complexity index is 659. The molecular weight excluding hydrogens is 279 g/mol. The summed E-state index contributed by atoms with van der Waals surface area (Å²) in [5.74, 6) is 0.670. The number of fused-ring (bicyclic) bond motifs is 1. The van der Waals surface area contributed by atoms with Crippen molar-refractivity contribution in [3.05, 3.63) is 59.4 Å². The van der Waals surface area contributed by atoms with Gasteiger partial charge < -0.3 is 15.0 Å². The number of benzene rings is 2. The van der Waals surface area contributed by atoms with E-state index in [9.17, 15) is 4.39 Å². The third-order valence-corrected chi connectivity index (χ3v) is 4.09. The van der Waals surface area contributed by atoms with Gasteiger partial charge in [0.2, 0.25) is 0 Å². The van der Waals surface area contributed by atoms with Crippen molar-refractivity contribution in [2.45, 2.75) is 26.1 Å². The number of ether oxygens (including phenoxy) is 1. The Morgan fingerprint density at radius 1 is 1.27 bits per heavy atom. The second-order valence-electron chi connectivity index (χ2n) is 5.75. The number of rotatable bonds is 3. The fraction of sp³-hybridized carbons (Fsp3) is 0.333. The second kappa shape index (κ2) is 6.36. The van der Waals surface area contributed by atoms with E-state index in [1.807, 2.05) is 24.3 Å². The molecule has 2 aromatic carbocycles. The van der Waals surface area contributed by atoms with Gasteiger partial charge in [0.15, 0.2) is 0 Å². The van der Waals surface area contributed by atoms with Crippen molar-refractivity contribution in [3.63, 3.8) is 0 Å². The van der Waals surface area contributed by atoms with Crippen LogP contribution in [0.4, 0.5) is 10.1 Å². The van der Waals surface area contributed by atoms with E-state index in [1.165, 1.54) is 11.6 Å². The third kappa shape index (κ3) is 3.07. The van der Waals surface area contributed by atoms with Crippen LogP contribution in [0.5, 0.6) is 5.75 Å². The molecule has 116 valence electrons. The summed E-state index contributed by atoms with van der Waals surface area (Å²) in [7, 11) is 1.67. The maximum Gasteiger partial charge on any atom is 0.128 e. The standard InChI is InChI=1S/C18H21FN2O/c1-13-11-21(12-15-5-3-4-6-17(15)19)18-9-16(22-2)8-7-14(18)10-20-13/h3-9,13,20H,10-12H2,1-2H3. The molecule has 0 amide bonds. The number of nitrogens with zero attached hydrogens (tertiary/aromatic N) is 1. The van der Waals surface area contributed by atoms with Gasteiger partial charge in [0.1, 0.15) is 11.6 Å². The zero-order valence-electron chi connectivity index (χ0n) is 13.0. The monoisotopic (exact) mass is 300 g/mol. The number of anilines is 1. The van der Waals surface area contributed by atoms with Crippen LogP contribution in [-0.2, 0) is 13.1 Å². The predicted octanol–water partition coefficient (Wildman–Crippen LogP) is 3.33. The highest BCUT2D eigenvalue weighted by Gasteiger charge is 2.20. The molecule has 1 N–H and O–H groups in total. The van der Waals surface area contributed by atoms with E-state index in [-0.39, 0.29) is 5.82 Å². The van der Waals surface area contributed by atoms with Crippen molar-refractivity contribution >= 4 is 5.69 Å². The van der Waals surface area contributed by atoms with Crippen molar-refractivity contribution in [1.29, 1.82) is 0 Å². The van der Waals surface area contributed by atoms with E-state index in [0.29, 0.717) is 18.2 Å². The summed E-state index contributed by atoms with van der Waals surface area (Å²) in [6.07, 6.45) is 0. The maximum absolute atomic E-state index is 14.0. The summed E-state index contributed by atoms with van der Waals surface area (Å²) in [6.45, 7) is 4.35. The summed E-state index contributed by atoms with van der Waals surface area (Å²) < 4.78 is 19.3. The summed E-state index contributed by atoms with van der Waals surface area (Å²) in [6, 6.07) is 13.4. The van der Waals surface area contributed by atoms with Gasteiger partial charge >= 0.3 is 0 Å². The highest BCUT2D eigenvalue weighted by atomic mass is 19.1. The van der Waals surface area contributed by atoms with Crippen LogP contribution in [0.3, 0.4) is 0 Å². The molecule has 3 nitrogen and oxygen atoms in total. The Kier molecular flexibility index (Phi) is 4.29. The minimum atomic E-state index is -0.156. The first-order chi connectivity index (χ1) is 10.7. The van der Waals surface area contributed by atoms with E-state index in [4.69, 9.17) is 4.74 Å². The Morgan fingerprint density at radius 3 is 2.86 bits per heavy atom. The van der Waals surface area contributed by atoms with Crippen molar-refractivity contribution in [3.8, 4) is 5.75 Å². The molecule has 0 radical (unpaired) electrons. The number of halogens is 1. The quantitative estimate of drug-likeness (QED) is 0.941. The Labute approximate surface area is 130 Å². The van der Waals surface area contributed by atoms with Gasteiger partial charge in [0.05, 0.1) is 7.11 Å². The molecule has 3 rings (SSSR count). The molecular formula is C18H21FN2O. The predicted molar refractivity (Wildman–Crippen MR) is 86.7 cm³/mol. The van der Waals surface area contributed by atoms with Gasteiger partial charge in [-0.25, -0.2) is 4.39 Å². The van der Waals surface area contributed by atoms with E-state index in [2.05, 4.69) is 23.2 Å². The van der Waals surface area contributed by atoms with Crippen molar-refractivity contribution in [1.82, 2.24) is 5.32 Å². The number of hydrogen-bond donors (Lipinski definition) is 1. The minimum Gasteiger partial charge on any atom is -0.497 e. The maximum atomic E-state index is 14.0. The van der Waals surface area contributed by atoms with Crippen molar-refractivity contribution in [2.24, 2.45) is 0 Å². The lowest BCUT2D eigenvalue weighted by atomic mass is 10.1. The van der Waals surface area contributed by atoms with Crippen LogP contribution < -0.4 is 15.0 Å². The van der Waals surface area contributed by atoms with Gasteiger partial charge in [-0.05, 0) is 24.6 Å². The molecule has 4 heteroatoms. The Balaban J connectivity index is 1.97. The Morgan fingerprint density at radius 2 is 2.09 bits per heavy atom. The summed E-state index contributed by atoms with van der Waals surface area (Å²) in [4.78, 5) is 2.22. The fourth-order valence-electron chi connectivity index (χ4n) is 2.87. The molecule has 0 aliphatic carbocycles. The molecule has 1 aliphatic rings. The van der Waals surface area contributed by atoms with Gasteiger partial charge in [0.25, 0.3) is 0 Å². The van der Waals surface area contributed by atoms with Gasteiger partial charge in [-0.1, -0.05) is 24.3 Å². The number of nitrogens with one attached hydrogen (secondary N) is 1. The van der Waals surface area contributed by atoms with Crippen LogP contribution >= 0.6 is 0 Å². The highest BCUT2D eigenvalue weighted by molar-refractivity contribution is 5.58. The zero-order valence-corrected chi connectivity index (χ0v) is 13.0. The largest absolute Gasteiger partial charge is 0.497 e. The molecule has 0 aromatic heterocycles. The topological polar surface area (TPSA) is 24.5 Å². The molecule has 0 spiro atoms. The average Bonchev–Trinajstić information content (AvgIpc) is 2.68. The number of hydrogen-bond acceptors (Lipinski definition) is 3. The molecule has 0 saturated carbocycles. The first kappa shape index (κ1) is 14.9. The third-order valence-electron chi connectivity index (χ3n) is 4.09. The lowest BCUT2D eigenvalue weighted by molar-refractivity contribution is 0.414. The number of methoxy groups -OCH3 is 1. The van der Waals surface area contributed by atoms with Gasteiger partial charge in [-0.3, -0.25) is 0 Å². The first-order valence-corrected chi connectivity index (χ1v) is 7.56. The summed E-state index contributed by atoms with van der Waals surface area (Å²) in [5.41, 5.74) is 3.03. The summed E-state index contributed by atoms with van der Waals surface area (Å²) >= 11 is 0. The van der Waals surface area contributed by atoms with Crippen molar-refractivity contribution in [2.75, 3.05) is 18.6 Å². The molecule has 1 unspecified atom stereocenters. The molecule has 1 heterocycles. The van der Waals surface area contributed by atoms with Gasteiger partial charge in [-0.2, -0.15) is 0 Å². The first-order valence-electron chi connectivity index (χ1n) is 7.56. The SMILES string of the molecule is COc1ccc2c(c1)N(Cc1ccccc1F)CC(C)NC2. The molecule has 0 saturated heterocycles. The van der Waals surface area contributed by atoms with Crippen molar-refractivity contribution < 1.29 is 9.13 Å². The van der Waals surface area contributed by atoms with Crippen LogP contribution in [0.1, 0.15) is 18.1 Å². The fourth-order valence-corrected chi connectivity index (χ4v) is 2.87. The normalized spacial score (nSPS) is 17.8. The average molecular weight is 300 g/mol. The summed E-state index contributed by atoms with van der Waals surface area (Å²) in [5, 5.41) is 3.49. The molecule has 0 fully saturated rings.